The Morgan fingerprint density at radius 1 is 1.04 bits per heavy atom. The quantitative estimate of drug-likeness (QED) is 0.300. The molecule has 1 N–H and O–H groups in total. The van der Waals surface area contributed by atoms with E-state index in [-0.39, 0.29) is 0 Å². The van der Waals surface area contributed by atoms with Crippen LogP contribution in [0.15, 0.2) is 10.2 Å². The van der Waals surface area contributed by atoms with Gasteiger partial charge in [0.2, 0.25) is 0 Å². The van der Waals surface area contributed by atoms with Crippen LogP contribution < -0.4 is 0 Å². The van der Waals surface area contributed by atoms with E-state index in [0.717, 1.165) is 3.59 Å². The molecule has 142 valence electrons. The molecule has 0 aliphatic carbocycles. The van der Waals surface area contributed by atoms with E-state index >= 15 is 0 Å². The number of hydrogen-bond donors (Lipinski definition) is 1. The van der Waals surface area contributed by atoms with Gasteiger partial charge in [-0.1, -0.05) is 0 Å². The number of methoxy groups -OCH3 is 1. The molecule has 0 spiro atoms. The molecule has 0 aromatic carbocycles. The molecule has 24 heavy (non-hydrogen) atoms. The summed E-state index contributed by atoms with van der Waals surface area (Å²) in [7, 11) is 1.28. The first-order chi connectivity index (χ1) is 11.4. The third-order valence-electron chi connectivity index (χ3n) is 4.96. The number of rotatable bonds is 13. The Balaban J connectivity index is 5.30. The number of unbranched alkanes of at least 4 members (excludes halogenated alkanes) is 3. The van der Waals surface area contributed by atoms with Crippen molar-refractivity contribution in [2.45, 2.75) is 91.7 Å². The van der Waals surface area contributed by atoms with Gasteiger partial charge in [-0.05, 0) is 0 Å². The summed E-state index contributed by atoms with van der Waals surface area (Å²) in [6.45, 7) is 12.7. The van der Waals surface area contributed by atoms with E-state index in [0.29, 0.717) is 0 Å². The molecule has 0 saturated carbocycles. The van der Waals surface area contributed by atoms with Gasteiger partial charge in [0.25, 0.3) is 0 Å². The topological polar surface area (TPSA) is 55.8 Å². The van der Waals surface area contributed by atoms with Gasteiger partial charge in [-0.2, -0.15) is 0 Å². The average molecular weight is 449 g/mol. The van der Waals surface area contributed by atoms with Crippen LogP contribution in [0.1, 0.15) is 66.2 Å². The zero-order valence-electron chi connectivity index (χ0n) is 16.4. The summed E-state index contributed by atoms with van der Waals surface area (Å²) < 4.78 is 14.4. The fraction of sp³-hybridized carbons (Fsp3) is 0.842. The zero-order valence-corrected chi connectivity index (χ0v) is 19.3. The first kappa shape index (κ1) is 23.8. The Hall–Kier alpha value is -0.231. The van der Waals surface area contributed by atoms with Crippen molar-refractivity contribution in [3.05, 3.63) is 10.2 Å². The molecule has 0 bridgehead atoms. The van der Waals surface area contributed by atoms with Crippen molar-refractivity contribution in [3.63, 3.8) is 0 Å². The number of ether oxygens (including phenoxy) is 2. The molecule has 0 aromatic rings. The molecule has 0 unspecified atom stereocenters. The predicted molar refractivity (Wildman–Crippen MR) is 103 cm³/mol. The van der Waals surface area contributed by atoms with Gasteiger partial charge in [0, 0.05) is 0 Å². The van der Waals surface area contributed by atoms with E-state index in [1.54, 1.807) is 6.92 Å². The normalized spacial score (nSPS) is 14.1. The van der Waals surface area contributed by atoms with Gasteiger partial charge in [0.1, 0.15) is 0 Å². The van der Waals surface area contributed by atoms with E-state index < -0.39 is 36.7 Å². The molecule has 0 aliphatic rings. The van der Waals surface area contributed by atoms with E-state index in [1.165, 1.54) is 58.9 Å². The number of aliphatic hydroxyl groups is 1. The third kappa shape index (κ3) is 7.77. The van der Waals surface area contributed by atoms with Gasteiger partial charge in [-0.15, -0.1) is 0 Å². The van der Waals surface area contributed by atoms with Crippen molar-refractivity contribution in [1.29, 1.82) is 0 Å². The summed E-state index contributed by atoms with van der Waals surface area (Å²) in [5.74, 6) is 0. The molecule has 0 aliphatic heterocycles. The molecule has 0 saturated heterocycles. The minimum atomic E-state index is -2.72. The summed E-state index contributed by atoms with van der Waals surface area (Å²) >= 11 is -2.72. The maximum atomic E-state index is 11.3. The molecule has 5 heteroatoms. The van der Waals surface area contributed by atoms with Crippen molar-refractivity contribution < 1.29 is 19.4 Å². The second-order valence-corrected chi connectivity index (χ2v) is 20.3. The van der Waals surface area contributed by atoms with Gasteiger partial charge in [0.05, 0.1) is 0 Å². The van der Waals surface area contributed by atoms with Crippen molar-refractivity contribution in [2.24, 2.45) is 0 Å². The number of carbonyl (C=O) groups excluding carboxylic acids is 1. The molecule has 4 nitrogen and oxygen atoms in total. The van der Waals surface area contributed by atoms with Crippen molar-refractivity contribution in [1.82, 2.24) is 0 Å². The van der Waals surface area contributed by atoms with Crippen LogP contribution in [-0.4, -0.2) is 49.0 Å². The molecule has 0 heterocycles. The number of carbonyl (C=O) groups is 1. The van der Waals surface area contributed by atoms with Crippen LogP contribution in [0.5, 0.6) is 0 Å². The Morgan fingerprint density at radius 3 is 1.79 bits per heavy atom. The summed E-state index contributed by atoms with van der Waals surface area (Å²) in [5.41, 5.74) is 0. The van der Waals surface area contributed by atoms with Gasteiger partial charge in [0.15, 0.2) is 0 Å². The molecular weight excluding hydrogens is 411 g/mol. The van der Waals surface area contributed by atoms with Gasteiger partial charge in [-0.3, -0.25) is 0 Å². The molecular formula is C19H38O4Sn. The molecule has 2 atom stereocenters. The van der Waals surface area contributed by atoms with Crippen LogP contribution in [0.3, 0.4) is 0 Å². The summed E-state index contributed by atoms with van der Waals surface area (Å²) in [6.07, 6.45) is 5.03. The van der Waals surface area contributed by atoms with Gasteiger partial charge in [-0.25, -0.2) is 0 Å². The molecule has 0 amide bonds. The van der Waals surface area contributed by atoms with Crippen LogP contribution in [0, 0.1) is 0 Å². The van der Waals surface area contributed by atoms with Crippen molar-refractivity contribution >= 4 is 24.5 Å². The van der Waals surface area contributed by atoms with E-state index in [1.807, 2.05) is 0 Å². The monoisotopic (exact) mass is 450 g/mol. The van der Waals surface area contributed by atoms with Crippen LogP contribution in [0.25, 0.3) is 0 Å². The standard InChI is InChI=1S/C7H11O4.3C4H9.Sn/c1-4-6(8)5(2)11-7(9)10-3;3*1-3-4-2;/h5-6,8H,1H2,2-3H3;3*1,3-4H2,2H3;/t5-,6-;;;;/m0..../s1. The first-order valence-electron chi connectivity index (χ1n) is 9.50. The van der Waals surface area contributed by atoms with Gasteiger partial charge >= 0.3 is 153 Å². The van der Waals surface area contributed by atoms with E-state index in [2.05, 4.69) is 32.1 Å². The summed E-state index contributed by atoms with van der Waals surface area (Å²) in [5, 5.41) is 10.8. The zero-order chi connectivity index (χ0) is 18.6. The first-order valence-corrected chi connectivity index (χ1v) is 17.0. The molecule has 0 radical (unpaired) electrons. The second-order valence-electron chi connectivity index (χ2n) is 6.84. The maximum absolute atomic E-state index is 11.3. The van der Waals surface area contributed by atoms with Crippen LogP contribution in [-0.2, 0) is 9.47 Å². The number of aliphatic hydroxyl groups excluding tert-OH is 1. The fourth-order valence-corrected chi connectivity index (χ4v) is 19.4. The minimum absolute atomic E-state index is 0.606. The summed E-state index contributed by atoms with van der Waals surface area (Å²) in [6, 6.07) is 0. The average Bonchev–Trinajstić information content (AvgIpc) is 2.59. The van der Waals surface area contributed by atoms with Crippen LogP contribution in [0.4, 0.5) is 4.79 Å². The number of hydrogen-bond acceptors (Lipinski definition) is 4. The van der Waals surface area contributed by atoms with Gasteiger partial charge < -0.3 is 0 Å². The fourth-order valence-electron chi connectivity index (χ4n) is 3.26. The molecule has 0 rings (SSSR count). The molecule has 0 fully saturated rings. The van der Waals surface area contributed by atoms with E-state index in [4.69, 9.17) is 4.74 Å². The Labute approximate surface area is 152 Å². The van der Waals surface area contributed by atoms with E-state index in [9.17, 15) is 9.90 Å². The Kier molecular flexibility index (Phi) is 12.9. The third-order valence-corrected chi connectivity index (χ3v) is 20.9. The van der Waals surface area contributed by atoms with Crippen LogP contribution >= 0.6 is 0 Å². The predicted octanol–water partition coefficient (Wildman–Crippen LogP) is 5.46. The Bertz CT molecular complexity index is 349. The SMILES string of the molecule is C=[C]([C@H](O)[C@H](C)OC(=O)OC)[Sn]([CH2]CCC)([CH2]CCC)[CH2]CCC. The molecule has 0 aromatic heterocycles. The van der Waals surface area contributed by atoms with Crippen molar-refractivity contribution in [3.8, 4) is 0 Å². The van der Waals surface area contributed by atoms with Crippen LogP contribution in [0.2, 0.25) is 13.3 Å². The summed E-state index contributed by atoms with van der Waals surface area (Å²) in [4.78, 5) is 11.3. The van der Waals surface area contributed by atoms with Crippen molar-refractivity contribution in [2.75, 3.05) is 7.11 Å². The Morgan fingerprint density at radius 2 is 1.46 bits per heavy atom. The second kappa shape index (κ2) is 13.0.